The Morgan fingerprint density at radius 2 is 1.80 bits per heavy atom. The largest absolute Gasteiger partial charge is 0.503 e. The van der Waals surface area contributed by atoms with E-state index in [1.807, 2.05) is 60.8 Å². The second-order valence-corrected chi connectivity index (χ2v) is 9.77. The molecule has 0 aliphatic heterocycles. The number of carbonyl (C=O) groups is 1. The van der Waals surface area contributed by atoms with Gasteiger partial charge < -0.3 is 9.47 Å². The number of halogens is 1. The first-order valence-electron chi connectivity index (χ1n) is 10.5. The summed E-state index contributed by atoms with van der Waals surface area (Å²) >= 11 is 8.94. The predicted molar refractivity (Wildman–Crippen MR) is 140 cm³/mol. The zero-order valence-electron chi connectivity index (χ0n) is 19.0. The Kier molecular flexibility index (Phi) is 6.38. The first-order valence-corrected chi connectivity index (χ1v) is 12.6. The smallest absolute Gasteiger partial charge is 0.342 e. The van der Waals surface area contributed by atoms with E-state index in [-0.39, 0.29) is 0 Å². The third-order valence-electron chi connectivity index (χ3n) is 5.35. The van der Waals surface area contributed by atoms with Crippen molar-refractivity contribution in [1.29, 1.82) is 0 Å². The van der Waals surface area contributed by atoms with Gasteiger partial charge in [-0.1, -0.05) is 59.3 Å². The molecular weight excluding hydrogens is 504 g/mol. The monoisotopic (exact) mass is 522 g/mol. The van der Waals surface area contributed by atoms with Gasteiger partial charge >= 0.3 is 5.97 Å². The lowest BCUT2D eigenvalue weighted by Crippen LogP contribution is -2.05. The quantitative estimate of drug-likeness (QED) is 0.146. The summed E-state index contributed by atoms with van der Waals surface area (Å²) in [6.07, 6.45) is 1.38. The molecule has 0 aliphatic carbocycles. The SMILES string of the molecule is CO/C=C(\C(=O)OC)c1sc2nc(-c3ccccc3-c3nc(-c4ccc(Cl)cc4)cs3)nn2c1C. The lowest BCUT2D eigenvalue weighted by Gasteiger charge is -2.05. The van der Waals surface area contributed by atoms with E-state index in [4.69, 9.17) is 36.1 Å². The van der Waals surface area contributed by atoms with E-state index in [0.717, 1.165) is 33.1 Å². The number of fused-ring (bicyclic) bond motifs is 1. The van der Waals surface area contributed by atoms with Gasteiger partial charge in [-0.3, -0.25) is 0 Å². The molecule has 2 aromatic carbocycles. The Labute approximate surface area is 214 Å². The summed E-state index contributed by atoms with van der Waals surface area (Å²) in [5.74, 6) is 0.102. The molecular formula is C25H19ClN4O3S2. The number of carbonyl (C=O) groups excluding carboxylic acids is 1. The molecule has 5 rings (SSSR count). The molecule has 0 saturated carbocycles. The van der Waals surface area contributed by atoms with E-state index in [9.17, 15) is 4.79 Å². The Bertz CT molecular complexity index is 1570. The molecule has 0 saturated heterocycles. The van der Waals surface area contributed by atoms with Crippen molar-refractivity contribution >= 4 is 50.8 Å². The van der Waals surface area contributed by atoms with Crippen LogP contribution < -0.4 is 0 Å². The van der Waals surface area contributed by atoms with Crippen LogP contribution in [0.25, 0.3) is 43.8 Å². The number of methoxy groups -OCH3 is 2. The van der Waals surface area contributed by atoms with Crippen LogP contribution in [0.1, 0.15) is 10.6 Å². The lowest BCUT2D eigenvalue weighted by molar-refractivity contribution is -0.133. The minimum atomic E-state index is -0.481. The van der Waals surface area contributed by atoms with E-state index in [1.165, 1.54) is 31.8 Å². The van der Waals surface area contributed by atoms with E-state index in [2.05, 4.69) is 0 Å². The maximum atomic E-state index is 12.2. The fraction of sp³-hybridized carbons (Fsp3) is 0.120. The molecule has 5 aromatic rings. The standard InChI is InChI=1S/C25H19ClN4O3S2/c1-14-21(19(12-32-2)24(31)33-3)35-25-28-22(29-30(14)25)17-6-4-5-7-18(17)23-27-20(13-34-23)15-8-10-16(26)11-9-15/h4-13H,1-3H3/b19-12-. The van der Waals surface area contributed by atoms with Gasteiger partial charge in [-0.05, 0) is 19.1 Å². The number of nitrogens with zero attached hydrogens (tertiary/aromatic N) is 4. The fourth-order valence-electron chi connectivity index (χ4n) is 3.65. The minimum Gasteiger partial charge on any atom is -0.503 e. The number of benzene rings is 2. The average molecular weight is 523 g/mol. The molecule has 0 bridgehead atoms. The van der Waals surface area contributed by atoms with E-state index in [1.54, 1.807) is 15.9 Å². The summed E-state index contributed by atoms with van der Waals surface area (Å²) in [4.78, 5) is 23.2. The highest BCUT2D eigenvalue weighted by Gasteiger charge is 2.23. The molecule has 3 aromatic heterocycles. The second-order valence-electron chi connectivity index (χ2n) is 7.50. The molecule has 0 aliphatic rings. The first-order chi connectivity index (χ1) is 17.0. The number of hydrogen-bond donors (Lipinski definition) is 0. The van der Waals surface area contributed by atoms with Crippen molar-refractivity contribution in [2.45, 2.75) is 6.92 Å². The van der Waals surface area contributed by atoms with Crippen molar-refractivity contribution in [1.82, 2.24) is 19.6 Å². The molecule has 35 heavy (non-hydrogen) atoms. The van der Waals surface area contributed by atoms with Crippen LogP contribution in [-0.4, -0.2) is 39.8 Å². The average Bonchev–Trinajstić information content (AvgIpc) is 3.59. The van der Waals surface area contributed by atoms with Crippen molar-refractivity contribution in [3.05, 3.63) is 75.8 Å². The number of hydrogen-bond acceptors (Lipinski definition) is 8. The van der Waals surface area contributed by atoms with E-state index >= 15 is 0 Å². The van der Waals surface area contributed by atoms with Crippen molar-refractivity contribution in [3.8, 4) is 33.2 Å². The van der Waals surface area contributed by atoms with Gasteiger partial charge in [0.05, 0.1) is 36.7 Å². The van der Waals surface area contributed by atoms with Crippen LogP contribution in [0.15, 0.2) is 60.2 Å². The Morgan fingerprint density at radius 1 is 1.06 bits per heavy atom. The fourth-order valence-corrected chi connectivity index (χ4v) is 5.69. The molecule has 0 amide bonds. The number of thiazole rings is 2. The van der Waals surface area contributed by atoms with Crippen molar-refractivity contribution < 1.29 is 14.3 Å². The molecule has 10 heteroatoms. The van der Waals surface area contributed by atoms with Gasteiger partial charge in [-0.25, -0.2) is 14.3 Å². The Morgan fingerprint density at radius 3 is 2.49 bits per heavy atom. The summed E-state index contributed by atoms with van der Waals surface area (Å²) in [6, 6.07) is 15.6. The van der Waals surface area contributed by atoms with Gasteiger partial charge in [0.15, 0.2) is 5.82 Å². The van der Waals surface area contributed by atoms with Crippen LogP contribution in [0, 0.1) is 6.92 Å². The zero-order chi connectivity index (χ0) is 24.5. The van der Waals surface area contributed by atoms with Crippen molar-refractivity contribution in [3.63, 3.8) is 0 Å². The molecule has 3 heterocycles. The van der Waals surface area contributed by atoms with E-state index < -0.39 is 5.97 Å². The van der Waals surface area contributed by atoms with E-state index in [0.29, 0.717) is 26.3 Å². The normalized spacial score (nSPS) is 11.7. The number of ether oxygens (including phenoxy) is 2. The molecule has 0 unspecified atom stereocenters. The van der Waals surface area contributed by atoms with Crippen LogP contribution in [0.2, 0.25) is 5.02 Å². The summed E-state index contributed by atoms with van der Waals surface area (Å²) < 4.78 is 11.7. The third-order valence-corrected chi connectivity index (χ3v) is 7.64. The maximum absolute atomic E-state index is 12.2. The molecule has 0 N–H and O–H groups in total. The van der Waals surface area contributed by atoms with Gasteiger partial charge in [-0.15, -0.1) is 16.4 Å². The summed E-state index contributed by atoms with van der Waals surface area (Å²) in [7, 11) is 2.82. The Balaban J connectivity index is 1.54. The number of aryl methyl sites for hydroxylation is 1. The highest BCUT2D eigenvalue weighted by Crippen LogP contribution is 2.36. The lowest BCUT2D eigenvalue weighted by atomic mass is 10.1. The molecule has 0 spiro atoms. The minimum absolute atomic E-state index is 0.323. The molecule has 176 valence electrons. The maximum Gasteiger partial charge on any atom is 0.342 e. The number of esters is 1. The summed E-state index contributed by atoms with van der Waals surface area (Å²) in [5, 5.41) is 8.34. The van der Waals surface area contributed by atoms with Crippen molar-refractivity contribution in [2.75, 3.05) is 14.2 Å². The van der Waals surface area contributed by atoms with Crippen LogP contribution in [0.3, 0.4) is 0 Å². The Hall–Kier alpha value is -3.53. The third kappa shape index (κ3) is 4.34. The van der Waals surface area contributed by atoms with Crippen LogP contribution in [-0.2, 0) is 14.3 Å². The predicted octanol–water partition coefficient (Wildman–Crippen LogP) is 6.37. The van der Waals surface area contributed by atoms with Crippen LogP contribution in [0.5, 0.6) is 0 Å². The van der Waals surface area contributed by atoms with Gasteiger partial charge in [0.25, 0.3) is 0 Å². The summed E-state index contributed by atoms with van der Waals surface area (Å²) in [5.41, 5.74) is 4.81. The number of aromatic nitrogens is 4. The molecule has 0 radical (unpaired) electrons. The van der Waals surface area contributed by atoms with Gasteiger partial charge in [0.2, 0.25) is 4.96 Å². The second kappa shape index (κ2) is 9.61. The van der Waals surface area contributed by atoms with Gasteiger partial charge in [-0.2, -0.15) is 4.98 Å². The topological polar surface area (TPSA) is 78.6 Å². The van der Waals surface area contributed by atoms with Crippen LogP contribution in [0.4, 0.5) is 0 Å². The molecule has 0 atom stereocenters. The van der Waals surface area contributed by atoms with Gasteiger partial charge in [0.1, 0.15) is 10.6 Å². The highest BCUT2D eigenvalue weighted by atomic mass is 35.5. The zero-order valence-corrected chi connectivity index (χ0v) is 21.4. The van der Waals surface area contributed by atoms with Gasteiger partial charge in [0, 0.05) is 27.1 Å². The number of rotatable bonds is 6. The van der Waals surface area contributed by atoms with Crippen molar-refractivity contribution in [2.24, 2.45) is 0 Å². The summed E-state index contributed by atoms with van der Waals surface area (Å²) in [6.45, 7) is 1.88. The highest BCUT2D eigenvalue weighted by molar-refractivity contribution is 7.18. The molecule has 0 fully saturated rings. The molecule has 7 nitrogen and oxygen atoms in total. The van der Waals surface area contributed by atoms with Crippen LogP contribution >= 0.6 is 34.3 Å². The first kappa shape index (κ1) is 23.2.